The Kier molecular flexibility index (Phi) is 3.03. The second kappa shape index (κ2) is 4.80. The van der Waals surface area contributed by atoms with Gasteiger partial charge in [-0.25, -0.2) is 12.4 Å². The number of benzene rings is 2. The van der Waals surface area contributed by atoms with Crippen molar-refractivity contribution >= 4 is 26.7 Å². The van der Waals surface area contributed by atoms with Crippen molar-refractivity contribution in [2.24, 2.45) is 0 Å². The van der Waals surface area contributed by atoms with E-state index < -0.39 is 10.0 Å². The van der Waals surface area contributed by atoms with Crippen LogP contribution in [0.25, 0.3) is 10.9 Å². The fourth-order valence-electron chi connectivity index (χ4n) is 3.67. The second-order valence-corrected chi connectivity index (χ2v) is 8.59. The fraction of sp³-hybridized carbons (Fsp3) is 0.211. The van der Waals surface area contributed by atoms with Crippen LogP contribution in [-0.4, -0.2) is 18.2 Å². The number of nitrogens with zero attached hydrogens (tertiary/aromatic N) is 1. The Hall–Kier alpha value is -2.40. The van der Waals surface area contributed by atoms with Gasteiger partial charge in [-0.1, -0.05) is 50.2 Å². The third kappa shape index (κ3) is 1.91. The van der Waals surface area contributed by atoms with Gasteiger partial charge in [0.2, 0.25) is 0 Å². The van der Waals surface area contributed by atoms with Crippen LogP contribution in [0.2, 0.25) is 0 Å². The first kappa shape index (κ1) is 15.1. The molecule has 1 heterocycles. The second-order valence-electron chi connectivity index (χ2n) is 6.81. The number of para-hydroxylation sites is 1. The quantitative estimate of drug-likeness (QED) is 0.714. The first-order valence-corrected chi connectivity index (χ1v) is 9.26. The highest BCUT2D eigenvalue weighted by atomic mass is 32.2. The molecule has 0 aliphatic heterocycles. The normalized spacial score (nSPS) is 16.5. The Morgan fingerprint density at radius 2 is 1.58 bits per heavy atom. The lowest BCUT2D eigenvalue weighted by Gasteiger charge is -2.16. The maximum absolute atomic E-state index is 13.2. The molecule has 0 fully saturated rings. The van der Waals surface area contributed by atoms with E-state index in [4.69, 9.17) is 0 Å². The van der Waals surface area contributed by atoms with Crippen molar-refractivity contribution in [2.45, 2.75) is 30.6 Å². The standard InChI is InChI=1S/C19H17NO3S/c1-19(2)12-16(21)18-17(19)14-10-6-7-11-15(14)20(18)24(22,23)13-8-4-3-5-9-13/h3-11H,12H2,1-2H3. The molecule has 0 saturated heterocycles. The number of Topliss-reactive ketones (excluding diaryl/α,β-unsaturated/α-hetero) is 1. The van der Waals surface area contributed by atoms with Crippen LogP contribution < -0.4 is 0 Å². The van der Waals surface area contributed by atoms with Gasteiger partial charge in [0, 0.05) is 11.8 Å². The molecule has 0 spiro atoms. The summed E-state index contributed by atoms with van der Waals surface area (Å²) in [6, 6.07) is 15.6. The highest BCUT2D eigenvalue weighted by molar-refractivity contribution is 7.90. The van der Waals surface area contributed by atoms with E-state index >= 15 is 0 Å². The number of ketones is 1. The number of hydrogen-bond donors (Lipinski definition) is 0. The molecule has 0 unspecified atom stereocenters. The fourth-order valence-corrected chi connectivity index (χ4v) is 5.23. The summed E-state index contributed by atoms with van der Waals surface area (Å²) in [6.45, 7) is 3.98. The Balaban J connectivity index is 2.16. The van der Waals surface area contributed by atoms with Gasteiger partial charge in [0.1, 0.15) is 5.69 Å². The predicted molar refractivity (Wildman–Crippen MR) is 92.9 cm³/mol. The molecule has 4 rings (SSSR count). The Morgan fingerprint density at radius 3 is 2.29 bits per heavy atom. The summed E-state index contributed by atoms with van der Waals surface area (Å²) in [4.78, 5) is 12.9. The lowest BCUT2D eigenvalue weighted by atomic mass is 9.86. The van der Waals surface area contributed by atoms with Gasteiger partial charge in [-0.05, 0) is 29.2 Å². The summed E-state index contributed by atoms with van der Waals surface area (Å²) < 4.78 is 27.7. The van der Waals surface area contributed by atoms with Crippen LogP contribution in [-0.2, 0) is 15.4 Å². The average Bonchev–Trinajstić information content (AvgIpc) is 3.02. The van der Waals surface area contributed by atoms with E-state index in [1.54, 1.807) is 42.5 Å². The van der Waals surface area contributed by atoms with E-state index in [0.717, 1.165) is 10.9 Å². The number of carbonyl (C=O) groups is 1. The lowest BCUT2D eigenvalue weighted by Crippen LogP contribution is -2.17. The van der Waals surface area contributed by atoms with Gasteiger partial charge in [0.15, 0.2) is 5.78 Å². The maximum atomic E-state index is 13.2. The largest absolute Gasteiger partial charge is 0.292 e. The van der Waals surface area contributed by atoms with E-state index in [-0.39, 0.29) is 16.1 Å². The van der Waals surface area contributed by atoms with Crippen molar-refractivity contribution in [3.8, 4) is 0 Å². The Morgan fingerprint density at radius 1 is 0.958 bits per heavy atom. The number of hydrogen-bond acceptors (Lipinski definition) is 3. The zero-order valence-corrected chi connectivity index (χ0v) is 14.3. The van der Waals surface area contributed by atoms with Gasteiger partial charge in [0.05, 0.1) is 10.4 Å². The van der Waals surface area contributed by atoms with Crippen molar-refractivity contribution < 1.29 is 13.2 Å². The number of carbonyl (C=O) groups excluding carboxylic acids is 1. The summed E-state index contributed by atoms with van der Waals surface area (Å²) in [5.41, 5.74) is 1.34. The van der Waals surface area contributed by atoms with Gasteiger partial charge >= 0.3 is 0 Å². The lowest BCUT2D eigenvalue weighted by molar-refractivity contribution is 0.0974. The number of rotatable bonds is 2. The van der Waals surface area contributed by atoms with Crippen molar-refractivity contribution in [2.75, 3.05) is 0 Å². The van der Waals surface area contributed by atoms with Crippen LogP contribution in [0.5, 0.6) is 0 Å². The molecular formula is C19H17NO3S. The van der Waals surface area contributed by atoms with Crippen LogP contribution in [0.3, 0.4) is 0 Å². The van der Waals surface area contributed by atoms with Crippen LogP contribution in [0.4, 0.5) is 0 Å². The highest BCUT2D eigenvalue weighted by Gasteiger charge is 2.43. The summed E-state index contributed by atoms with van der Waals surface area (Å²) in [6.07, 6.45) is 0.326. The van der Waals surface area contributed by atoms with E-state index in [9.17, 15) is 13.2 Å². The summed E-state index contributed by atoms with van der Waals surface area (Å²) in [5, 5.41) is 0.836. The molecule has 5 heteroatoms. The van der Waals surface area contributed by atoms with E-state index in [2.05, 4.69) is 0 Å². The van der Waals surface area contributed by atoms with Gasteiger partial charge in [0.25, 0.3) is 10.0 Å². The molecule has 0 N–H and O–H groups in total. The number of aromatic nitrogens is 1. The minimum atomic E-state index is -3.83. The molecule has 0 radical (unpaired) electrons. The Bertz CT molecular complexity index is 1080. The highest BCUT2D eigenvalue weighted by Crippen LogP contribution is 2.45. The molecular weight excluding hydrogens is 322 g/mol. The molecule has 0 bridgehead atoms. The van der Waals surface area contributed by atoms with Gasteiger partial charge in [-0.2, -0.15) is 0 Å². The first-order chi connectivity index (χ1) is 11.3. The number of fused-ring (bicyclic) bond motifs is 3. The zero-order chi connectivity index (χ0) is 17.1. The van der Waals surface area contributed by atoms with E-state index in [1.165, 1.54) is 3.97 Å². The molecule has 2 aromatic carbocycles. The van der Waals surface area contributed by atoms with E-state index in [0.29, 0.717) is 17.6 Å². The molecule has 1 aromatic heterocycles. The maximum Gasteiger partial charge on any atom is 0.268 e. The van der Waals surface area contributed by atoms with Crippen molar-refractivity contribution in [3.63, 3.8) is 0 Å². The van der Waals surface area contributed by atoms with Gasteiger partial charge < -0.3 is 0 Å². The van der Waals surface area contributed by atoms with Gasteiger partial charge in [-0.3, -0.25) is 4.79 Å². The molecule has 1 aliphatic carbocycles. The molecule has 0 amide bonds. The Labute approximate surface area is 140 Å². The SMILES string of the molecule is CC1(C)CC(=O)c2c1c1ccccc1n2S(=O)(=O)c1ccccc1. The van der Waals surface area contributed by atoms with Crippen LogP contribution in [0.1, 0.15) is 36.3 Å². The molecule has 4 nitrogen and oxygen atoms in total. The third-order valence-corrected chi connectivity index (χ3v) is 6.38. The average molecular weight is 339 g/mol. The monoisotopic (exact) mass is 339 g/mol. The minimum absolute atomic E-state index is 0.120. The third-order valence-electron chi connectivity index (χ3n) is 4.66. The first-order valence-electron chi connectivity index (χ1n) is 7.82. The van der Waals surface area contributed by atoms with Crippen molar-refractivity contribution in [3.05, 3.63) is 65.9 Å². The topological polar surface area (TPSA) is 56.1 Å². The summed E-state index contributed by atoms with van der Waals surface area (Å²) in [5.74, 6) is -0.120. The zero-order valence-electron chi connectivity index (χ0n) is 13.5. The molecule has 0 saturated carbocycles. The van der Waals surface area contributed by atoms with Crippen molar-refractivity contribution in [1.29, 1.82) is 0 Å². The molecule has 3 aromatic rings. The van der Waals surface area contributed by atoms with Crippen LogP contribution >= 0.6 is 0 Å². The minimum Gasteiger partial charge on any atom is -0.292 e. The summed E-state index contributed by atoms with van der Waals surface area (Å²) >= 11 is 0. The molecule has 122 valence electrons. The van der Waals surface area contributed by atoms with Crippen LogP contribution in [0, 0.1) is 0 Å². The van der Waals surface area contributed by atoms with Crippen LogP contribution in [0.15, 0.2) is 59.5 Å². The predicted octanol–water partition coefficient (Wildman–Crippen LogP) is 3.74. The van der Waals surface area contributed by atoms with E-state index in [1.807, 2.05) is 26.0 Å². The smallest absolute Gasteiger partial charge is 0.268 e. The van der Waals surface area contributed by atoms with Gasteiger partial charge in [-0.15, -0.1) is 0 Å². The summed E-state index contributed by atoms with van der Waals surface area (Å²) in [7, 11) is -3.83. The van der Waals surface area contributed by atoms with Crippen molar-refractivity contribution in [1.82, 2.24) is 3.97 Å². The molecule has 0 atom stereocenters. The molecule has 1 aliphatic rings. The molecule has 24 heavy (non-hydrogen) atoms.